The fraction of sp³-hybridized carbons (Fsp3) is 0.0196. The Balaban J connectivity index is 1.05. The number of aromatic nitrogens is 1. The van der Waals surface area contributed by atoms with Gasteiger partial charge in [0, 0.05) is 50.0 Å². The van der Waals surface area contributed by atoms with Crippen molar-refractivity contribution in [3.8, 4) is 27.9 Å². The number of hydrogen-bond acceptors (Lipinski definition) is 4. The summed E-state index contributed by atoms with van der Waals surface area (Å²) < 4.78 is 9.03. The number of amidine groups is 2. The second-order valence-corrected chi connectivity index (χ2v) is 14.2. The van der Waals surface area contributed by atoms with E-state index in [1.165, 1.54) is 21.9 Å². The van der Waals surface area contributed by atoms with Crippen molar-refractivity contribution in [2.75, 3.05) is 0 Å². The average molecular weight is 719 g/mol. The maximum Gasteiger partial charge on any atom is 0.170 e. The van der Waals surface area contributed by atoms with Crippen LogP contribution < -0.4 is 5.32 Å². The van der Waals surface area contributed by atoms with Crippen LogP contribution >= 0.6 is 0 Å². The summed E-state index contributed by atoms with van der Waals surface area (Å²) in [6.07, 6.45) is -0.498. The first-order valence-corrected chi connectivity index (χ1v) is 18.9. The zero-order valence-electron chi connectivity index (χ0n) is 30.3. The van der Waals surface area contributed by atoms with Crippen LogP contribution in [0.4, 0.5) is 0 Å². The first kappa shape index (κ1) is 32.0. The molecule has 0 radical (unpaired) electrons. The molecular formula is C51H34N4O. The summed E-state index contributed by atoms with van der Waals surface area (Å²) in [4.78, 5) is 10.5. The molecule has 1 aliphatic rings. The fourth-order valence-corrected chi connectivity index (χ4v) is 8.21. The first-order valence-electron chi connectivity index (χ1n) is 18.9. The summed E-state index contributed by atoms with van der Waals surface area (Å²) in [5, 5.41) is 8.07. The zero-order chi connectivity index (χ0) is 37.0. The third kappa shape index (κ3) is 5.40. The van der Waals surface area contributed by atoms with Crippen LogP contribution in [0.1, 0.15) is 22.9 Å². The number of rotatable bonds is 6. The molecule has 11 rings (SSSR count). The smallest absolute Gasteiger partial charge is 0.170 e. The zero-order valence-corrected chi connectivity index (χ0v) is 30.3. The Labute approximate surface area is 323 Å². The second-order valence-electron chi connectivity index (χ2n) is 14.2. The third-order valence-electron chi connectivity index (χ3n) is 10.9. The molecular weight excluding hydrogens is 685 g/mol. The summed E-state index contributed by atoms with van der Waals surface area (Å²) in [6, 6.07) is 68.0. The van der Waals surface area contributed by atoms with E-state index in [1.54, 1.807) is 0 Å². The summed E-state index contributed by atoms with van der Waals surface area (Å²) in [6.45, 7) is 0. The predicted molar refractivity (Wildman–Crippen MR) is 231 cm³/mol. The van der Waals surface area contributed by atoms with Crippen molar-refractivity contribution in [1.82, 2.24) is 9.88 Å². The number of aliphatic imine (C=N–C) groups is 2. The second kappa shape index (κ2) is 13.1. The van der Waals surface area contributed by atoms with Crippen LogP contribution in [0.2, 0.25) is 0 Å². The lowest BCUT2D eigenvalue weighted by atomic mass is 10.0. The Kier molecular flexibility index (Phi) is 7.49. The van der Waals surface area contributed by atoms with Gasteiger partial charge in [0.15, 0.2) is 6.17 Å². The number of nitrogens with zero attached hydrogens (tertiary/aromatic N) is 3. The highest BCUT2D eigenvalue weighted by atomic mass is 16.3. The van der Waals surface area contributed by atoms with Gasteiger partial charge in [-0.3, -0.25) is 0 Å². The summed E-state index contributed by atoms with van der Waals surface area (Å²) >= 11 is 0. The van der Waals surface area contributed by atoms with Crippen LogP contribution in [0.15, 0.2) is 209 Å². The average Bonchev–Trinajstić information content (AvgIpc) is 3.82. The largest absolute Gasteiger partial charge is 0.456 e. The van der Waals surface area contributed by atoms with Crippen LogP contribution in [0.25, 0.3) is 71.7 Å². The molecule has 0 spiro atoms. The monoisotopic (exact) mass is 718 g/mol. The molecule has 1 aliphatic heterocycles. The lowest BCUT2D eigenvalue weighted by Crippen LogP contribution is -2.36. The number of hydrogen-bond donors (Lipinski definition) is 1. The summed E-state index contributed by atoms with van der Waals surface area (Å²) in [7, 11) is 0. The van der Waals surface area contributed by atoms with Crippen LogP contribution in [0, 0.1) is 0 Å². The Hall–Kier alpha value is -7.50. The van der Waals surface area contributed by atoms with E-state index in [0.717, 1.165) is 78.1 Å². The van der Waals surface area contributed by atoms with E-state index in [1.807, 2.05) is 36.4 Å². The van der Waals surface area contributed by atoms with Gasteiger partial charge in [-0.2, -0.15) is 0 Å². The Morgan fingerprint density at radius 1 is 0.411 bits per heavy atom. The van der Waals surface area contributed by atoms with Gasteiger partial charge in [0.05, 0.1) is 11.0 Å². The topological polar surface area (TPSA) is 54.8 Å². The highest BCUT2D eigenvalue weighted by molar-refractivity contribution is 6.17. The lowest BCUT2D eigenvalue weighted by molar-refractivity contribution is 0.667. The van der Waals surface area contributed by atoms with Crippen LogP contribution in [0.3, 0.4) is 0 Å². The van der Waals surface area contributed by atoms with Gasteiger partial charge in [-0.25, -0.2) is 9.98 Å². The number of benzene rings is 8. The Morgan fingerprint density at radius 2 is 1.02 bits per heavy atom. The molecule has 8 aromatic carbocycles. The first-order chi connectivity index (χ1) is 27.7. The number of furan rings is 1. The normalized spacial score (nSPS) is 14.2. The molecule has 10 aromatic rings. The molecule has 0 fully saturated rings. The van der Waals surface area contributed by atoms with E-state index in [-0.39, 0.29) is 0 Å². The molecule has 0 saturated heterocycles. The van der Waals surface area contributed by atoms with Crippen LogP contribution in [-0.4, -0.2) is 16.2 Å². The Morgan fingerprint density at radius 3 is 1.79 bits per heavy atom. The molecule has 3 heterocycles. The summed E-state index contributed by atoms with van der Waals surface area (Å²) in [5.41, 5.74) is 12.7. The quantitative estimate of drug-likeness (QED) is 0.186. The maximum atomic E-state index is 6.69. The molecule has 1 atom stereocenters. The van der Waals surface area contributed by atoms with Crippen molar-refractivity contribution in [3.63, 3.8) is 0 Å². The van der Waals surface area contributed by atoms with Crippen molar-refractivity contribution >= 4 is 55.4 Å². The van der Waals surface area contributed by atoms with Crippen molar-refractivity contribution in [2.24, 2.45) is 9.98 Å². The van der Waals surface area contributed by atoms with Crippen LogP contribution in [-0.2, 0) is 0 Å². The van der Waals surface area contributed by atoms with Crippen molar-refractivity contribution < 1.29 is 4.42 Å². The Bertz CT molecular complexity index is 3160. The van der Waals surface area contributed by atoms with Gasteiger partial charge in [0.1, 0.15) is 22.8 Å². The lowest BCUT2D eigenvalue weighted by Gasteiger charge is -2.23. The van der Waals surface area contributed by atoms with Gasteiger partial charge >= 0.3 is 0 Å². The third-order valence-corrected chi connectivity index (χ3v) is 10.9. The van der Waals surface area contributed by atoms with Gasteiger partial charge in [0.25, 0.3) is 0 Å². The van der Waals surface area contributed by atoms with Crippen molar-refractivity contribution in [3.05, 3.63) is 211 Å². The van der Waals surface area contributed by atoms with E-state index < -0.39 is 6.17 Å². The molecule has 2 aromatic heterocycles. The molecule has 1 unspecified atom stereocenters. The van der Waals surface area contributed by atoms with Gasteiger partial charge in [-0.15, -0.1) is 0 Å². The SMILES string of the molecule is c1ccc(C2=NC(c3cccc4oc5cc(-n6c7ccccc7c7cc(-c8ccccc8)ccc76)ccc5c34)N=C(c3cccc(-c4ccccc4)c3)N2)cc1. The van der Waals surface area contributed by atoms with Gasteiger partial charge in [-0.05, 0) is 64.7 Å². The van der Waals surface area contributed by atoms with Gasteiger partial charge in [-0.1, -0.05) is 146 Å². The molecule has 1 N–H and O–H groups in total. The maximum absolute atomic E-state index is 6.69. The number of para-hydroxylation sites is 1. The van der Waals surface area contributed by atoms with Gasteiger partial charge < -0.3 is 14.3 Å². The summed E-state index contributed by atoms with van der Waals surface area (Å²) in [5.74, 6) is 1.55. The minimum absolute atomic E-state index is 0.498. The highest BCUT2D eigenvalue weighted by Crippen LogP contribution is 2.40. The predicted octanol–water partition coefficient (Wildman–Crippen LogP) is 12.5. The van der Waals surface area contributed by atoms with Gasteiger partial charge in [0.2, 0.25) is 0 Å². The van der Waals surface area contributed by atoms with E-state index >= 15 is 0 Å². The molecule has 0 saturated carbocycles. The molecule has 0 amide bonds. The molecule has 0 aliphatic carbocycles. The van der Waals surface area contributed by atoms with Crippen molar-refractivity contribution in [1.29, 1.82) is 0 Å². The van der Waals surface area contributed by atoms with E-state index in [4.69, 9.17) is 14.4 Å². The fourth-order valence-electron chi connectivity index (χ4n) is 8.21. The molecule has 56 heavy (non-hydrogen) atoms. The molecule has 5 nitrogen and oxygen atoms in total. The van der Waals surface area contributed by atoms with E-state index in [2.05, 4.69) is 168 Å². The molecule has 0 bridgehead atoms. The van der Waals surface area contributed by atoms with E-state index in [9.17, 15) is 0 Å². The molecule has 5 heteroatoms. The van der Waals surface area contributed by atoms with Crippen LogP contribution in [0.5, 0.6) is 0 Å². The number of nitrogens with one attached hydrogen (secondary N) is 1. The highest BCUT2D eigenvalue weighted by Gasteiger charge is 2.25. The standard InChI is InChI=1S/C51H34N4O/c1-4-14-33(15-5-1)36-20-12-21-38(30-36)50-52-49(35-18-8-3-9-19-35)53-51(54-50)42-23-13-25-46-48(42)41-28-27-39(32-47(41)56-46)55-44-24-11-10-22-40(44)43-31-37(26-29-45(43)55)34-16-6-2-7-17-34/h1-32,51H,(H,52,53,54). The minimum atomic E-state index is -0.498. The number of fused-ring (bicyclic) bond motifs is 6. The van der Waals surface area contributed by atoms with E-state index in [0.29, 0.717) is 0 Å². The minimum Gasteiger partial charge on any atom is -0.456 e. The van der Waals surface area contributed by atoms with Crippen molar-refractivity contribution in [2.45, 2.75) is 6.17 Å². The molecule has 264 valence electrons.